The Morgan fingerprint density at radius 2 is 1.27 bits per heavy atom. The van der Waals surface area contributed by atoms with Crippen LogP contribution in [0.1, 0.15) is 0 Å². The van der Waals surface area contributed by atoms with Crippen LogP contribution in [0.15, 0.2) is 122 Å². The fourth-order valence-electron chi connectivity index (χ4n) is 5.89. The highest BCUT2D eigenvalue weighted by molar-refractivity contribution is 6.12. The van der Waals surface area contributed by atoms with Gasteiger partial charge in [-0.25, -0.2) is 15.0 Å². The standard InChI is InChI=1S/C34H20N6O/c1-2-6-21(7-3-1)29-20-40-30-9-5-14-35-31(30)25-13-11-23(19-28(25)34(40)38-29)41-22-10-12-24-26-8-4-15-36-32(26)39-17-16-37-33(39)27(24)18-22/h1-20H. The maximum Gasteiger partial charge on any atom is 0.146 e. The highest BCUT2D eigenvalue weighted by Gasteiger charge is 2.15. The van der Waals surface area contributed by atoms with Crippen molar-refractivity contribution in [3.63, 3.8) is 0 Å². The summed E-state index contributed by atoms with van der Waals surface area (Å²) in [5.74, 6) is 1.45. The largest absolute Gasteiger partial charge is 0.457 e. The van der Waals surface area contributed by atoms with Crippen molar-refractivity contribution in [2.24, 2.45) is 0 Å². The fraction of sp³-hybridized carbons (Fsp3) is 0. The topological polar surface area (TPSA) is 69.6 Å². The molecule has 0 unspecified atom stereocenters. The molecule has 0 atom stereocenters. The van der Waals surface area contributed by atoms with E-state index in [0.29, 0.717) is 0 Å². The molecule has 0 aliphatic rings. The van der Waals surface area contributed by atoms with Crippen LogP contribution in [0.3, 0.4) is 0 Å². The van der Waals surface area contributed by atoms with E-state index in [2.05, 4.69) is 69.1 Å². The van der Waals surface area contributed by atoms with E-state index in [1.165, 1.54) is 0 Å². The Hall–Kier alpha value is -5.82. The van der Waals surface area contributed by atoms with Gasteiger partial charge < -0.3 is 4.74 Å². The molecular formula is C34H20N6O. The summed E-state index contributed by atoms with van der Waals surface area (Å²) in [5, 5.41) is 5.17. The van der Waals surface area contributed by atoms with Crippen LogP contribution in [0.5, 0.6) is 11.5 Å². The second-order valence-electron chi connectivity index (χ2n) is 10.1. The molecule has 0 bridgehead atoms. The maximum atomic E-state index is 6.47. The Morgan fingerprint density at radius 3 is 2.15 bits per heavy atom. The number of ether oxygens (including phenoxy) is 1. The maximum absolute atomic E-state index is 6.47. The summed E-state index contributed by atoms with van der Waals surface area (Å²) in [5.41, 5.74) is 6.51. The molecule has 7 heteroatoms. The molecule has 7 nitrogen and oxygen atoms in total. The third-order valence-corrected chi connectivity index (χ3v) is 7.72. The summed E-state index contributed by atoms with van der Waals surface area (Å²) in [4.78, 5) is 19.0. The summed E-state index contributed by atoms with van der Waals surface area (Å²) in [6.07, 6.45) is 9.47. The van der Waals surface area contributed by atoms with Crippen LogP contribution in [-0.2, 0) is 0 Å². The minimum absolute atomic E-state index is 0.722. The van der Waals surface area contributed by atoms with Crippen molar-refractivity contribution in [1.82, 2.24) is 28.7 Å². The molecular weight excluding hydrogens is 508 g/mol. The Morgan fingerprint density at radius 1 is 0.537 bits per heavy atom. The minimum atomic E-state index is 0.722. The molecule has 6 aromatic heterocycles. The highest BCUT2D eigenvalue weighted by Crippen LogP contribution is 2.36. The Labute approximate surface area is 233 Å². The van der Waals surface area contributed by atoms with Crippen LogP contribution in [0.4, 0.5) is 0 Å². The van der Waals surface area contributed by atoms with Crippen LogP contribution < -0.4 is 4.74 Å². The molecule has 0 saturated heterocycles. The van der Waals surface area contributed by atoms with Gasteiger partial charge in [-0.2, -0.15) is 0 Å². The molecule has 0 amide bonds. The molecule has 0 N–H and O–H groups in total. The van der Waals surface area contributed by atoms with Crippen LogP contribution in [0.25, 0.3) is 66.2 Å². The second-order valence-corrected chi connectivity index (χ2v) is 10.1. The van der Waals surface area contributed by atoms with Crippen molar-refractivity contribution in [3.05, 3.63) is 122 Å². The van der Waals surface area contributed by atoms with Gasteiger partial charge in [-0.1, -0.05) is 30.3 Å². The van der Waals surface area contributed by atoms with Crippen LogP contribution in [0, 0.1) is 0 Å². The number of aromatic nitrogens is 6. The number of hydrogen-bond acceptors (Lipinski definition) is 5. The van der Waals surface area contributed by atoms with Gasteiger partial charge in [0.25, 0.3) is 0 Å². The van der Waals surface area contributed by atoms with Crippen molar-refractivity contribution in [2.45, 2.75) is 0 Å². The molecule has 41 heavy (non-hydrogen) atoms. The monoisotopic (exact) mass is 528 g/mol. The first kappa shape index (κ1) is 22.0. The van der Waals surface area contributed by atoms with E-state index in [-0.39, 0.29) is 0 Å². The minimum Gasteiger partial charge on any atom is -0.457 e. The summed E-state index contributed by atoms with van der Waals surface area (Å²) in [6.45, 7) is 0. The van der Waals surface area contributed by atoms with Crippen molar-refractivity contribution in [2.75, 3.05) is 0 Å². The Kier molecular flexibility index (Phi) is 4.48. The number of imidazole rings is 2. The van der Waals surface area contributed by atoms with Crippen LogP contribution >= 0.6 is 0 Å². The highest BCUT2D eigenvalue weighted by atomic mass is 16.5. The lowest BCUT2D eigenvalue weighted by Gasteiger charge is -2.12. The summed E-state index contributed by atoms with van der Waals surface area (Å²) >= 11 is 0. The zero-order valence-electron chi connectivity index (χ0n) is 21.6. The van der Waals surface area contributed by atoms with Gasteiger partial charge in [-0.15, -0.1) is 0 Å². The summed E-state index contributed by atoms with van der Waals surface area (Å²) in [6, 6.07) is 30.6. The lowest BCUT2D eigenvalue weighted by atomic mass is 10.1. The third-order valence-electron chi connectivity index (χ3n) is 7.72. The Balaban J connectivity index is 1.23. The predicted octanol–water partition coefficient (Wildman–Crippen LogP) is 7.84. The quantitative estimate of drug-likeness (QED) is 0.219. The molecule has 0 aliphatic heterocycles. The fourth-order valence-corrected chi connectivity index (χ4v) is 5.89. The summed E-state index contributed by atoms with van der Waals surface area (Å²) in [7, 11) is 0. The number of fused-ring (bicyclic) bond motifs is 12. The number of benzene rings is 3. The van der Waals surface area contributed by atoms with Crippen LogP contribution in [0.2, 0.25) is 0 Å². The van der Waals surface area contributed by atoms with Gasteiger partial charge in [0.2, 0.25) is 0 Å². The molecule has 3 aromatic carbocycles. The van der Waals surface area contributed by atoms with Crippen molar-refractivity contribution in [3.8, 4) is 22.8 Å². The van der Waals surface area contributed by atoms with Gasteiger partial charge in [-0.3, -0.25) is 13.8 Å². The van der Waals surface area contributed by atoms with E-state index in [4.69, 9.17) is 14.7 Å². The van der Waals surface area contributed by atoms with Crippen LogP contribution in [-0.4, -0.2) is 28.7 Å². The zero-order chi connectivity index (χ0) is 26.9. The van der Waals surface area contributed by atoms with Gasteiger partial charge in [-0.05, 0) is 66.0 Å². The number of nitrogens with zero attached hydrogens (tertiary/aromatic N) is 6. The molecule has 192 valence electrons. The Bertz CT molecular complexity index is 2460. The first-order valence-corrected chi connectivity index (χ1v) is 13.4. The van der Waals surface area contributed by atoms with E-state index in [9.17, 15) is 0 Å². The van der Waals surface area contributed by atoms with Crippen molar-refractivity contribution in [1.29, 1.82) is 0 Å². The lowest BCUT2D eigenvalue weighted by molar-refractivity contribution is 0.484. The molecule has 6 heterocycles. The van der Waals surface area contributed by atoms with Gasteiger partial charge in [0.1, 0.15) is 28.4 Å². The van der Waals surface area contributed by atoms with E-state index in [1.807, 2.05) is 65.5 Å². The van der Waals surface area contributed by atoms with E-state index in [1.54, 1.807) is 6.20 Å². The summed E-state index contributed by atoms with van der Waals surface area (Å²) < 4.78 is 10.6. The SMILES string of the molecule is c1ccc(-c2cn3c4cccnc4c4ccc(Oc5ccc6c7cccnc7n7ccnc7c6c5)cc4c3n2)cc1. The van der Waals surface area contributed by atoms with E-state index in [0.717, 1.165) is 77.7 Å². The van der Waals surface area contributed by atoms with Crippen molar-refractivity contribution < 1.29 is 4.74 Å². The average molecular weight is 529 g/mol. The van der Waals surface area contributed by atoms with Gasteiger partial charge in [0.05, 0.1) is 16.7 Å². The smallest absolute Gasteiger partial charge is 0.146 e. The van der Waals surface area contributed by atoms with E-state index < -0.39 is 0 Å². The first-order valence-electron chi connectivity index (χ1n) is 13.4. The molecule has 0 saturated carbocycles. The number of rotatable bonds is 3. The van der Waals surface area contributed by atoms with Crippen molar-refractivity contribution >= 4 is 54.9 Å². The van der Waals surface area contributed by atoms with Gasteiger partial charge in [0, 0.05) is 58.1 Å². The predicted molar refractivity (Wildman–Crippen MR) is 162 cm³/mol. The molecule has 0 fully saturated rings. The van der Waals surface area contributed by atoms with Gasteiger partial charge in [0.15, 0.2) is 0 Å². The zero-order valence-corrected chi connectivity index (χ0v) is 21.6. The molecule has 0 aliphatic carbocycles. The molecule has 0 radical (unpaired) electrons. The van der Waals surface area contributed by atoms with E-state index >= 15 is 0 Å². The second kappa shape index (κ2) is 8.34. The third kappa shape index (κ3) is 3.26. The number of hydrogen-bond donors (Lipinski definition) is 0. The van der Waals surface area contributed by atoms with Gasteiger partial charge >= 0.3 is 0 Å². The molecule has 0 spiro atoms. The normalized spacial score (nSPS) is 11.9. The lowest BCUT2D eigenvalue weighted by Crippen LogP contribution is -1.94. The number of pyridine rings is 4. The molecule has 9 rings (SSSR count). The first-order chi connectivity index (χ1) is 20.3. The molecule has 9 aromatic rings. The average Bonchev–Trinajstić information content (AvgIpc) is 3.71.